The van der Waals surface area contributed by atoms with Crippen LogP contribution in [0, 0.1) is 5.92 Å². The number of likely N-dealkylation sites (tertiary alicyclic amines) is 2. The average molecular weight is 634 g/mol. The lowest BCUT2D eigenvalue weighted by atomic mass is 9.91. The van der Waals surface area contributed by atoms with E-state index < -0.39 is 12.6 Å². The molecular formula is C39H34F3N3O2. The topological polar surface area (TPSA) is 45.7 Å². The van der Waals surface area contributed by atoms with Gasteiger partial charge in [-0.05, 0) is 103 Å². The Kier molecular flexibility index (Phi) is 7.48. The van der Waals surface area contributed by atoms with E-state index in [1.807, 2.05) is 41.3 Å². The SMILES string of the molecule is O=C(c1ccc(Oc2ccc3c(c2-c2ccc4ccccc4n2)Cc2ccccc2-3)cc1)N1CC(N2CCC(CC(F)(F)F)CC2)C1. The highest BCUT2D eigenvalue weighted by Crippen LogP contribution is 2.46. The second kappa shape index (κ2) is 11.8. The molecule has 1 aliphatic carbocycles. The zero-order valence-electron chi connectivity index (χ0n) is 25.8. The van der Waals surface area contributed by atoms with Crippen LogP contribution in [0.15, 0.2) is 97.1 Å². The summed E-state index contributed by atoms with van der Waals surface area (Å²) in [5.74, 6) is 0.999. The molecule has 2 aliphatic heterocycles. The van der Waals surface area contributed by atoms with Gasteiger partial charge in [0.25, 0.3) is 5.91 Å². The number of pyridine rings is 1. The van der Waals surface area contributed by atoms with Gasteiger partial charge in [-0.1, -0.05) is 54.6 Å². The van der Waals surface area contributed by atoms with E-state index in [2.05, 4.69) is 53.4 Å². The smallest absolute Gasteiger partial charge is 0.389 e. The van der Waals surface area contributed by atoms with E-state index in [0.29, 0.717) is 56.1 Å². The molecular weight excluding hydrogens is 599 g/mol. The quantitative estimate of drug-likeness (QED) is 0.184. The maximum Gasteiger partial charge on any atom is 0.389 e. The highest BCUT2D eigenvalue weighted by Gasteiger charge is 2.39. The Morgan fingerprint density at radius 1 is 0.830 bits per heavy atom. The number of carbonyl (C=O) groups is 1. The van der Waals surface area contributed by atoms with Crippen LogP contribution in [0.4, 0.5) is 13.2 Å². The van der Waals surface area contributed by atoms with Crippen LogP contribution in [0.1, 0.15) is 40.7 Å². The molecule has 0 bridgehead atoms. The molecule has 2 fully saturated rings. The van der Waals surface area contributed by atoms with Crippen molar-refractivity contribution in [1.29, 1.82) is 0 Å². The molecule has 47 heavy (non-hydrogen) atoms. The number of hydrogen-bond donors (Lipinski definition) is 0. The molecule has 5 aromatic rings. The first kappa shape index (κ1) is 29.7. The molecule has 8 heteroatoms. The number of ether oxygens (including phenoxy) is 1. The molecule has 0 unspecified atom stereocenters. The van der Waals surface area contributed by atoms with Gasteiger partial charge in [0.2, 0.25) is 0 Å². The number of aromatic nitrogens is 1. The fraction of sp³-hybridized carbons (Fsp3) is 0.282. The van der Waals surface area contributed by atoms with Crippen LogP contribution >= 0.6 is 0 Å². The number of nitrogens with zero attached hydrogens (tertiary/aromatic N) is 3. The fourth-order valence-electron chi connectivity index (χ4n) is 7.44. The molecule has 1 amide bonds. The van der Waals surface area contributed by atoms with Crippen LogP contribution in [0.5, 0.6) is 11.5 Å². The summed E-state index contributed by atoms with van der Waals surface area (Å²) in [4.78, 5) is 22.3. The van der Waals surface area contributed by atoms with Crippen molar-refractivity contribution >= 4 is 16.8 Å². The van der Waals surface area contributed by atoms with Crippen LogP contribution in [0.25, 0.3) is 33.3 Å². The summed E-state index contributed by atoms with van der Waals surface area (Å²) in [6.07, 6.45) is -2.89. The predicted molar refractivity (Wildman–Crippen MR) is 177 cm³/mol. The summed E-state index contributed by atoms with van der Waals surface area (Å²) in [6, 6.07) is 32.3. The standard InChI is InChI=1S/C39H34F3N3O2/c40-39(41,42)22-25-17-19-44(20-18-25)29-23-45(24-29)38(46)27-9-12-30(13-10-27)47-36-16-14-32-31-7-3-1-6-28(31)21-33(32)37(36)35-15-11-26-5-2-4-8-34(26)43-35/h1-16,25,29H,17-24H2. The number of hydrogen-bond acceptors (Lipinski definition) is 4. The Morgan fingerprint density at radius 3 is 2.36 bits per heavy atom. The van der Waals surface area contributed by atoms with E-state index in [4.69, 9.17) is 9.72 Å². The van der Waals surface area contributed by atoms with Gasteiger partial charge >= 0.3 is 6.18 Å². The number of fused-ring (bicyclic) bond motifs is 4. The lowest BCUT2D eigenvalue weighted by molar-refractivity contribution is -0.148. The minimum atomic E-state index is -4.10. The maximum atomic E-state index is 13.2. The normalized spacial score (nSPS) is 17.0. The van der Waals surface area contributed by atoms with Gasteiger partial charge in [0.05, 0.1) is 11.2 Å². The number of halogens is 3. The van der Waals surface area contributed by atoms with Crippen molar-refractivity contribution in [1.82, 2.24) is 14.8 Å². The molecule has 3 aliphatic rings. The van der Waals surface area contributed by atoms with E-state index in [0.717, 1.165) is 28.6 Å². The Bertz CT molecular complexity index is 1960. The third kappa shape index (κ3) is 5.87. The second-order valence-corrected chi connectivity index (χ2v) is 13.0. The van der Waals surface area contributed by atoms with E-state index in [1.165, 1.54) is 22.3 Å². The number of amides is 1. The van der Waals surface area contributed by atoms with Crippen molar-refractivity contribution in [2.75, 3.05) is 26.2 Å². The molecule has 3 heterocycles. The highest BCUT2D eigenvalue weighted by molar-refractivity contribution is 5.95. The van der Waals surface area contributed by atoms with Crippen molar-refractivity contribution < 1.29 is 22.7 Å². The van der Waals surface area contributed by atoms with Gasteiger partial charge in [-0.25, -0.2) is 4.98 Å². The molecule has 8 rings (SSSR count). The molecule has 2 saturated heterocycles. The Morgan fingerprint density at radius 2 is 1.57 bits per heavy atom. The maximum absolute atomic E-state index is 13.2. The predicted octanol–water partition coefficient (Wildman–Crippen LogP) is 8.75. The van der Waals surface area contributed by atoms with Crippen LogP contribution in [0.2, 0.25) is 0 Å². The summed E-state index contributed by atoms with van der Waals surface area (Å²) >= 11 is 0. The third-order valence-electron chi connectivity index (χ3n) is 9.97. The van der Waals surface area contributed by atoms with E-state index in [1.54, 1.807) is 12.1 Å². The van der Waals surface area contributed by atoms with Crippen molar-refractivity contribution in [3.63, 3.8) is 0 Å². The largest absolute Gasteiger partial charge is 0.457 e. The molecule has 0 saturated carbocycles. The summed E-state index contributed by atoms with van der Waals surface area (Å²) in [5.41, 5.74) is 8.23. The van der Waals surface area contributed by atoms with Crippen molar-refractivity contribution in [2.24, 2.45) is 5.92 Å². The van der Waals surface area contributed by atoms with Crippen LogP contribution < -0.4 is 4.74 Å². The summed E-state index contributed by atoms with van der Waals surface area (Å²) in [5, 5.41) is 1.08. The number of rotatable bonds is 6. The van der Waals surface area contributed by atoms with Crippen molar-refractivity contribution in [3.8, 4) is 33.9 Å². The Hall–Kier alpha value is -4.69. The second-order valence-electron chi connectivity index (χ2n) is 13.0. The number of para-hydroxylation sites is 1. The molecule has 0 N–H and O–H groups in total. The first-order chi connectivity index (χ1) is 22.8. The molecule has 1 aromatic heterocycles. The Balaban J connectivity index is 0.979. The minimum absolute atomic E-state index is 0.0453. The van der Waals surface area contributed by atoms with E-state index in [9.17, 15) is 18.0 Å². The fourth-order valence-corrected chi connectivity index (χ4v) is 7.44. The first-order valence-corrected chi connectivity index (χ1v) is 16.3. The molecule has 0 radical (unpaired) electrons. The average Bonchev–Trinajstić information content (AvgIpc) is 3.43. The van der Waals surface area contributed by atoms with E-state index >= 15 is 0 Å². The summed E-state index contributed by atoms with van der Waals surface area (Å²) < 4.78 is 44.8. The molecule has 238 valence electrons. The monoisotopic (exact) mass is 633 g/mol. The number of piperidine rings is 1. The number of carbonyl (C=O) groups excluding carboxylic acids is 1. The lowest BCUT2D eigenvalue weighted by Gasteiger charge is -2.47. The van der Waals surface area contributed by atoms with Gasteiger partial charge in [-0.2, -0.15) is 13.2 Å². The lowest BCUT2D eigenvalue weighted by Crippen LogP contribution is -2.62. The number of benzene rings is 4. The van der Waals surface area contributed by atoms with Crippen LogP contribution in [0.3, 0.4) is 0 Å². The Labute approximate surface area is 271 Å². The van der Waals surface area contributed by atoms with Crippen LogP contribution in [-0.2, 0) is 6.42 Å². The van der Waals surface area contributed by atoms with Crippen molar-refractivity contribution in [2.45, 2.75) is 37.9 Å². The first-order valence-electron chi connectivity index (χ1n) is 16.3. The number of alkyl halides is 3. The van der Waals surface area contributed by atoms with Gasteiger partial charge in [0.15, 0.2) is 0 Å². The van der Waals surface area contributed by atoms with Gasteiger partial charge < -0.3 is 9.64 Å². The molecule has 0 atom stereocenters. The van der Waals surface area contributed by atoms with Crippen LogP contribution in [-0.4, -0.2) is 59.1 Å². The molecule has 0 spiro atoms. The zero-order valence-corrected chi connectivity index (χ0v) is 25.8. The summed E-state index contributed by atoms with van der Waals surface area (Å²) in [7, 11) is 0. The molecule has 5 nitrogen and oxygen atoms in total. The van der Waals surface area contributed by atoms with Gasteiger partial charge in [0.1, 0.15) is 11.5 Å². The van der Waals surface area contributed by atoms with Crippen molar-refractivity contribution in [3.05, 3.63) is 114 Å². The molecule has 4 aromatic carbocycles. The highest BCUT2D eigenvalue weighted by atomic mass is 19.4. The third-order valence-corrected chi connectivity index (χ3v) is 9.97. The zero-order chi connectivity index (χ0) is 32.1. The van der Waals surface area contributed by atoms with Gasteiger partial charge in [-0.15, -0.1) is 0 Å². The van der Waals surface area contributed by atoms with Gasteiger partial charge in [-0.3, -0.25) is 9.69 Å². The minimum Gasteiger partial charge on any atom is -0.457 e. The van der Waals surface area contributed by atoms with E-state index in [-0.39, 0.29) is 17.9 Å². The summed E-state index contributed by atoms with van der Waals surface area (Å²) in [6.45, 7) is 2.51. The van der Waals surface area contributed by atoms with Gasteiger partial charge in [0, 0.05) is 42.1 Å².